The van der Waals surface area contributed by atoms with Crippen LogP contribution in [-0.4, -0.2) is 25.8 Å². The molecule has 5 nitrogen and oxygen atoms in total. The number of carbonyl (C=O) groups is 1. The van der Waals surface area contributed by atoms with Gasteiger partial charge in [-0.1, -0.05) is 6.07 Å². The van der Waals surface area contributed by atoms with Gasteiger partial charge in [0.15, 0.2) is 0 Å². The number of piperidine rings is 1. The summed E-state index contributed by atoms with van der Waals surface area (Å²) in [4.78, 5) is 10.7. The van der Waals surface area contributed by atoms with Crippen LogP contribution in [0.25, 0.3) is 0 Å². The molecule has 2 heterocycles. The minimum atomic E-state index is -0.742. The smallest absolute Gasteiger partial charge is 0.404 e. The van der Waals surface area contributed by atoms with Crippen molar-refractivity contribution in [1.29, 1.82) is 0 Å². The third-order valence-corrected chi connectivity index (χ3v) is 4.06. The van der Waals surface area contributed by atoms with Crippen LogP contribution in [0.1, 0.15) is 24.0 Å². The summed E-state index contributed by atoms with van der Waals surface area (Å²) in [5.74, 6) is 0.963. The molecule has 0 atom stereocenters. The van der Waals surface area contributed by atoms with E-state index in [4.69, 9.17) is 15.2 Å². The predicted molar refractivity (Wildman–Crippen MR) is 70.1 cm³/mol. The Morgan fingerprint density at radius 2 is 2.21 bits per heavy atom. The van der Waals surface area contributed by atoms with Gasteiger partial charge < -0.3 is 20.5 Å². The Morgan fingerprint density at radius 1 is 1.42 bits per heavy atom. The molecular weight excluding hydrogens is 244 g/mol. The summed E-state index contributed by atoms with van der Waals surface area (Å²) in [5.41, 5.74) is 7.33. The van der Waals surface area contributed by atoms with E-state index in [1.54, 1.807) is 0 Å². The molecule has 5 heteroatoms. The lowest BCUT2D eigenvalue weighted by molar-refractivity contribution is 0.150. The van der Waals surface area contributed by atoms with E-state index < -0.39 is 6.09 Å². The first-order valence-corrected chi connectivity index (χ1v) is 6.59. The number of benzene rings is 1. The van der Waals surface area contributed by atoms with Crippen molar-refractivity contribution < 1.29 is 14.3 Å². The molecule has 102 valence electrons. The molecule has 0 unspecified atom stereocenters. The molecule has 1 spiro atoms. The fraction of sp³-hybridized carbons (Fsp3) is 0.500. The molecular formula is C14H18N2O3. The van der Waals surface area contributed by atoms with Gasteiger partial charge in [0.2, 0.25) is 0 Å². The third kappa shape index (κ3) is 2.26. The SMILES string of the molecule is NC(=O)OCc1ccc2c(c1)C1(CCNCC1)CO2. The van der Waals surface area contributed by atoms with Crippen molar-refractivity contribution in [3.8, 4) is 5.75 Å². The minimum absolute atomic E-state index is 0.128. The number of fused-ring (bicyclic) bond motifs is 2. The molecule has 0 aliphatic carbocycles. The molecule has 0 aromatic heterocycles. The van der Waals surface area contributed by atoms with E-state index in [2.05, 4.69) is 11.4 Å². The average molecular weight is 262 g/mol. The highest BCUT2D eigenvalue weighted by Gasteiger charge is 2.41. The van der Waals surface area contributed by atoms with Gasteiger partial charge in [-0.05, 0) is 43.6 Å². The molecule has 3 N–H and O–H groups in total. The zero-order chi connectivity index (χ0) is 13.3. The summed E-state index contributed by atoms with van der Waals surface area (Å²) in [6.07, 6.45) is 1.42. The van der Waals surface area contributed by atoms with Crippen molar-refractivity contribution in [3.63, 3.8) is 0 Å². The Labute approximate surface area is 112 Å². The Morgan fingerprint density at radius 3 is 2.95 bits per heavy atom. The first kappa shape index (κ1) is 12.3. The summed E-state index contributed by atoms with van der Waals surface area (Å²) in [6, 6.07) is 5.98. The van der Waals surface area contributed by atoms with Crippen LogP contribution in [0, 0.1) is 0 Å². The summed E-state index contributed by atoms with van der Waals surface area (Å²) in [6.45, 7) is 3.01. The lowest BCUT2D eigenvalue weighted by Gasteiger charge is -2.32. The molecule has 19 heavy (non-hydrogen) atoms. The fourth-order valence-electron chi connectivity index (χ4n) is 2.97. The fourth-order valence-corrected chi connectivity index (χ4v) is 2.97. The van der Waals surface area contributed by atoms with Gasteiger partial charge in [0.1, 0.15) is 12.4 Å². The monoisotopic (exact) mass is 262 g/mol. The van der Waals surface area contributed by atoms with Crippen LogP contribution < -0.4 is 15.8 Å². The zero-order valence-electron chi connectivity index (χ0n) is 10.8. The lowest BCUT2D eigenvalue weighted by atomic mass is 9.74. The van der Waals surface area contributed by atoms with Crippen LogP contribution in [0.4, 0.5) is 4.79 Å². The molecule has 2 aliphatic heterocycles. The molecule has 1 saturated heterocycles. The second-order valence-corrected chi connectivity index (χ2v) is 5.26. The van der Waals surface area contributed by atoms with Crippen molar-refractivity contribution in [1.82, 2.24) is 5.32 Å². The van der Waals surface area contributed by atoms with E-state index in [9.17, 15) is 4.79 Å². The number of hydrogen-bond acceptors (Lipinski definition) is 4. The van der Waals surface area contributed by atoms with E-state index >= 15 is 0 Å². The molecule has 0 radical (unpaired) electrons. The first-order valence-electron chi connectivity index (χ1n) is 6.59. The minimum Gasteiger partial charge on any atom is -0.492 e. The van der Waals surface area contributed by atoms with E-state index in [0.29, 0.717) is 0 Å². The maximum atomic E-state index is 10.7. The molecule has 1 fully saturated rings. The second-order valence-electron chi connectivity index (χ2n) is 5.26. The van der Waals surface area contributed by atoms with E-state index in [0.717, 1.165) is 43.9 Å². The number of hydrogen-bond donors (Lipinski definition) is 2. The number of nitrogens with one attached hydrogen (secondary N) is 1. The topological polar surface area (TPSA) is 73.6 Å². The lowest BCUT2D eigenvalue weighted by Crippen LogP contribution is -2.41. The van der Waals surface area contributed by atoms with Gasteiger partial charge in [0, 0.05) is 11.0 Å². The standard InChI is InChI=1S/C14H18N2O3/c15-13(17)18-8-10-1-2-12-11(7-10)14(9-19-12)3-5-16-6-4-14/h1-2,7,16H,3-6,8-9H2,(H2,15,17). The average Bonchev–Trinajstić information content (AvgIpc) is 2.76. The Kier molecular flexibility index (Phi) is 3.06. The van der Waals surface area contributed by atoms with Gasteiger partial charge in [-0.25, -0.2) is 4.79 Å². The molecule has 0 bridgehead atoms. The number of primary amides is 1. The number of carbonyl (C=O) groups excluding carboxylic acids is 1. The summed E-state index contributed by atoms with van der Waals surface area (Å²) >= 11 is 0. The van der Waals surface area contributed by atoms with Crippen molar-refractivity contribution in [2.24, 2.45) is 5.73 Å². The van der Waals surface area contributed by atoms with Crippen LogP contribution in [-0.2, 0) is 16.8 Å². The number of rotatable bonds is 2. The summed E-state index contributed by atoms with van der Waals surface area (Å²) in [7, 11) is 0. The third-order valence-electron chi connectivity index (χ3n) is 4.06. The van der Waals surface area contributed by atoms with Gasteiger partial charge in [-0.15, -0.1) is 0 Å². The molecule has 2 aliphatic rings. The van der Waals surface area contributed by atoms with Gasteiger partial charge >= 0.3 is 6.09 Å². The highest BCUT2D eigenvalue weighted by atomic mass is 16.5. The quantitative estimate of drug-likeness (QED) is 0.842. The zero-order valence-corrected chi connectivity index (χ0v) is 10.8. The number of amides is 1. The normalized spacial score (nSPS) is 19.8. The predicted octanol–water partition coefficient (Wildman–Crippen LogP) is 1.30. The summed E-state index contributed by atoms with van der Waals surface area (Å²) < 4.78 is 10.7. The molecule has 1 aromatic rings. The van der Waals surface area contributed by atoms with E-state index in [1.165, 1.54) is 5.56 Å². The van der Waals surface area contributed by atoms with Crippen LogP contribution >= 0.6 is 0 Å². The second kappa shape index (κ2) is 4.74. The van der Waals surface area contributed by atoms with Crippen molar-refractivity contribution in [3.05, 3.63) is 29.3 Å². The van der Waals surface area contributed by atoms with Crippen LogP contribution in [0.2, 0.25) is 0 Å². The Bertz CT molecular complexity index is 490. The Hall–Kier alpha value is -1.75. The highest BCUT2D eigenvalue weighted by molar-refractivity contribution is 5.64. The van der Waals surface area contributed by atoms with Gasteiger partial charge in [-0.2, -0.15) is 0 Å². The first-order chi connectivity index (χ1) is 9.20. The summed E-state index contributed by atoms with van der Waals surface area (Å²) in [5, 5.41) is 3.38. The molecule has 1 aromatic carbocycles. The van der Waals surface area contributed by atoms with Gasteiger partial charge in [0.05, 0.1) is 6.61 Å². The van der Waals surface area contributed by atoms with Crippen molar-refractivity contribution >= 4 is 6.09 Å². The molecule has 0 saturated carbocycles. The maximum absolute atomic E-state index is 10.7. The largest absolute Gasteiger partial charge is 0.492 e. The van der Waals surface area contributed by atoms with E-state index in [-0.39, 0.29) is 12.0 Å². The van der Waals surface area contributed by atoms with Crippen molar-refractivity contribution in [2.75, 3.05) is 19.7 Å². The highest BCUT2D eigenvalue weighted by Crippen LogP contribution is 2.44. The number of ether oxygens (including phenoxy) is 2. The van der Waals surface area contributed by atoms with Crippen LogP contribution in [0.15, 0.2) is 18.2 Å². The van der Waals surface area contributed by atoms with Gasteiger partial charge in [-0.3, -0.25) is 0 Å². The molecule has 1 amide bonds. The van der Waals surface area contributed by atoms with Crippen LogP contribution in [0.5, 0.6) is 5.75 Å². The van der Waals surface area contributed by atoms with Crippen molar-refractivity contribution in [2.45, 2.75) is 24.9 Å². The van der Waals surface area contributed by atoms with Gasteiger partial charge in [0.25, 0.3) is 0 Å². The van der Waals surface area contributed by atoms with E-state index in [1.807, 2.05) is 12.1 Å². The molecule has 3 rings (SSSR count). The Balaban J connectivity index is 1.86. The number of nitrogens with two attached hydrogens (primary N) is 1. The maximum Gasteiger partial charge on any atom is 0.404 e. The van der Waals surface area contributed by atoms with Crippen LogP contribution in [0.3, 0.4) is 0 Å².